The largest absolute Gasteiger partial charge is 0.371 e. The predicted octanol–water partition coefficient (Wildman–Crippen LogP) is 3.83. The van der Waals surface area contributed by atoms with Crippen molar-refractivity contribution in [2.24, 2.45) is 4.99 Å². The SMILES string of the molecule is CCN(CC)c1ccc(/C=C2\SC(=NC)N(C)C2=O)cc1Br. The molecule has 1 aliphatic rings. The van der Waals surface area contributed by atoms with Crippen LogP contribution in [0.1, 0.15) is 19.4 Å². The van der Waals surface area contributed by atoms with Gasteiger partial charge in [0.15, 0.2) is 5.17 Å². The number of thioether (sulfide) groups is 1. The number of hydrogen-bond donors (Lipinski definition) is 0. The van der Waals surface area contributed by atoms with E-state index in [-0.39, 0.29) is 5.91 Å². The number of aliphatic imine (C=N–C) groups is 1. The van der Waals surface area contributed by atoms with Crippen LogP contribution in [0.4, 0.5) is 5.69 Å². The van der Waals surface area contributed by atoms with Gasteiger partial charge in [-0.15, -0.1) is 0 Å². The van der Waals surface area contributed by atoms with Gasteiger partial charge in [0.25, 0.3) is 5.91 Å². The van der Waals surface area contributed by atoms with Crippen LogP contribution >= 0.6 is 27.7 Å². The van der Waals surface area contributed by atoms with Crippen LogP contribution in [0.2, 0.25) is 0 Å². The number of likely N-dealkylation sites (N-methyl/N-ethyl adjacent to an activating group) is 1. The van der Waals surface area contributed by atoms with Crippen molar-refractivity contribution in [2.45, 2.75) is 13.8 Å². The Bertz CT molecular complexity index is 638. The van der Waals surface area contributed by atoms with Crippen LogP contribution in [0.15, 0.2) is 32.6 Å². The Morgan fingerprint density at radius 2 is 2.05 bits per heavy atom. The van der Waals surface area contributed by atoms with Gasteiger partial charge in [-0.3, -0.25) is 14.7 Å². The molecule has 0 saturated carbocycles. The molecule has 0 unspecified atom stereocenters. The summed E-state index contributed by atoms with van der Waals surface area (Å²) in [5.74, 6) is -0.00505. The van der Waals surface area contributed by atoms with Crippen molar-refractivity contribution in [1.82, 2.24) is 4.90 Å². The summed E-state index contributed by atoms with van der Waals surface area (Å²) >= 11 is 5.04. The first-order chi connectivity index (χ1) is 10.5. The predicted molar refractivity (Wildman–Crippen MR) is 99.4 cm³/mol. The maximum absolute atomic E-state index is 12.2. The monoisotopic (exact) mass is 381 g/mol. The van der Waals surface area contributed by atoms with E-state index in [1.165, 1.54) is 17.4 Å². The zero-order valence-corrected chi connectivity index (χ0v) is 15.7. The molecule has 0 aromatic heterocycles. The topological polar surface area (TPSA) is 35.9 Å². The quantitative estimate of drug-likeness (QED) is 0.743. The molecule has 1 amide bonds. The number of hydrogen-bond acceptors (Lipinski definition) is 4. The van der Waals surface area contributed by atoms with E-state index in [1.54, 1.807) is 19.0 Å². The van der Waals surface area contributed by atoms with Crippen LogP contribution in [0.3, 0.4) is 0 Å². The van der Waals surface area contributed by atoms with E-state index in [9.17, 15) is 4.79 Å². The van der Waals surface area contributed by atoms with Gasteiger partial charge < -0.3 is 4.90 Å². The fraction of sp³-hybridized carbons (Fsp3) is 0.375. The van der Waals surface area contributed by atoms with E-state index in [2.05, 4.69) is 51.8 Å². The molecule has 4 nitrogen and oxygen atoms in total. The second-order valence-electron chi connectivity index (χ2n) is 4.86. The number of amides is 1. The van der Waals surface area contributed by atoms with Crippen molar-refractivity contribution in [1.29, 1.82) is 0 Å². The summed E-state index contributed by atoms with van der Waals surface area (Å²) in [4.78, 5) is 20.8. The fourth-order valence-electron chi connectivity index (χ4n) is 2.33. The van der Waals surface area contributed by atoms with Crippen molar-refractivity contribution in [2.75, 3.05) is 32.1 Å². The van der Waals surface area contributed by atoms with E-state index < -0.39 is 0 Å². The molecule has 6 heteroatoms. The smallest absolute Gasteiger partial charge is 0.266 e. The van der Waals surface area contributed by atoms with E-state index >= 15 is 0 Å². The Kier molecular flexibility index (Phi) is 5.69. The van der Waals surface area contributed by atoms with Gasteiger partial charge in [-0.25, -0.2) is 0 Å². The summed E-state index contributed by atoms with van der Waals surface area (Å²) in [7, 11) is 3.45. The van der Waals surface area contributed by atoms with Crippen LogP contribution in [-0.2, 0) is 4.79 Å². The number of benzene rings is 1. The standard InChI is InChI=1S/C16H20BrN3OS/c1-5-20(6-2)13-8-7-11(9-12(13)17)10-14-15(21)19(4)16(18-3)22-14/h7-10H,5-6H2,1-4H3/b14-10-,18-16?. The molecular formula is C16H20BrN3OS. The van der Waals surface area contributed by atoms with Crippen molar-refractivity contribution < 1.29 is 4.79 Å². The Labute approximate surface area is 144 Å². The lowest BCUT2D eigenvalue weighted by atomic mass is 10.1. The maximum atomic E-state index is 12.2. The molecule has 0 N–H and O–H groups in total. The number of anilines is 1. The third-order valence-corrected chi connectivity index (χ3v) is 5.36. The van der Waals surface area contributed by atoms with E-state index in [0.29, 0.717) is 4.91 Å². The van der Waals surface area contributed by atoms with Crippen LogP contribution in [-0.4, -0.2) is 43.2 Å². The van der Waals surface area contributed by atoms with Crippen LogP contribution in [0, 0.1) is 0 Å². The van der Waals surface area contributed by atoms with Gasteiger partial charge in [-0.2, -0.15) is 0 Å². The molecule has 118 valence electrons. The number of halogens is 1. The van der Waals surface area contributed by atoms with E-state index in [1.807, 2.05) is 12.1 Å². The van der Waals surface area contributed by atoms with Gasteiger partial charge >= 0.3 is 0 Å². The van der Waals surface area contributed by atoms with Crippen molar-refractivity contribution in [3.05, 3.63) is 33.1 Å². The highest BCUT2D eigenvalue weighted by molar-refractivity contribution is 9.10. The summed E-state index contributed by atoms with van der Waals surface area (Å²) in [6.45, 7) is 6.21. The van der Waals surface area contributed by atoms with Crippen molar-refractivity contribution in [3.63, 3.8) is 0 Å². The molecule has 2 rings (SSSR count). The highest BCUT2D eigenvalue weighted by Gasteiger charge is 2.29. The first-order valence-corrected chi connectivity index (χ1v) is 8.81. The van der Waals surface area contributed by atoms with E-state index in [4.69, 9.17) is 0 Å². The Hall–Kier alpha value is -1.27. The molecule has 0 radical (unpaired) electrons. The Morgan fingerprint density at radius 1 is 1.36 bits per heavy atom. The third-order valence-electron chi connectivity index (χ3n) is 3.57. The highest BCUT2D eigenvalue weighted by Crippen LogP contribution is 2.33. The van der Waals surface area contributed by atoms with Crippen molar-refractivity contribution >= 4 is 50.5 Å². The minimum Gasteiger partial charge on any atom is -0.371 e. The molecule has 1 aliphatic heterocycles. The number of carbonyl (C=O) groups is 1. The number of rotatable bonds is 4. The van der Waals surface area contributed by atoms with Gasteiger partial charge in [0.05, 0.1) is 10.6 Å². The second-order valence-corrected chi connectivity index (χ2v) is 6.73. The molecule has 1 heterocycles. The van der Waals surface area contributed by atoms with E-state index in [0.717, 1.165) is 28.3 Å². The van der Waals surface area contributed by atoms with Crippen LogP contribution in [0.25, 0.3) is 6.08 Å². The summed E-state index contributed by atoms with van der Waals surface area (Å²) in [5.41, 5.74) is 2.18. The first kappa shape index (κ1) is 17.1. The lowest BCUT2D eigenvalue weighted by molar-refractivity contribution is -0.121. The molecular weight excluding hydrogens is 362 g/mol. The number of amidine groups is 1. The minimum absolute atomic E-state index is 0.00505. The van der Waals surface area contributed by atoms with Gasteiger partial charge in [-0.05, 0) is 65.3 Å². The van der Waals surface area contributed by atoms with Gasteiger partial charge in [0.1, 0.15) is 0 Å². The Balaban J connectivity index is 2.30. The van der Waals surface area contributed by atoms with Gasteiger partial charge in [0.2, 0.25) is 0 Å². The zero-order chi connectivity index (χ0) is 16.3. The third kappa shape index (κ3) is 3.38. The molecule has 0 bridgehead atoms. The fourth-order valence-corrected chi connectivity index (χ4v) is 3.91. The average Bonchev–Trinajstić information content (AvgIpc) is 2.78. The molecule has 1 saturated heterocycles. The Morgan fingerprint density at radius 3 is 2.55 bits per heavy atom. The number of nitrogens with zero attached hydrogens (tertiary/aromatic N) is 3. The summed E-state index contributed by atoms with van der Waals surface area (Å²) < 4.78 is 1.04. The second kappa shape index (κ2) is 7.33. The maximum Gasteiger partial charge on any atom is 0.266 e. The molecule has 22 heavy (non-hydrogen) atoms. The molecule has 0 atom stereocenters. The summed E-state index contributed by atoms with van der Waals surface area (Å²) in [5, 5.41) is 0.732. The summed E-state index contributed by atoms with van der Waals surface area (Å²) in [6.07, 6.45) is 1.92. The first-order valence-electron chi connectivity index (χ1n) is 7.20. The van der Waals surface area contributed by atoms with Gasteiger partial charge in [-0.1, -0.05) is 6.07 Å². The molecule has 1 aromatic carbocycles. The minimum atomic E-state index is -0.00505. The van der Waals surface area contributed by atoms with Crippen molar-refractivity contribution in [3.8, 4) is 0 Å². The molecule has 0 aliphatic carbocycles. The average molecular weight is 382 g/mol. The molecule has 1 fully saturated rings. The highest BCUT2D eigenvalue weighted by atomic mass is 79.9. The summed E-state index contributed by atoms with van der Waals surface area (Å²) in [6, 6.07) is 6.18. The lowest BCUT2D eigenvalue weighted by Crippen LogP contribution is -2.23. The zero-order valence-electron chi connectivity index (χ0n) is 13.3. The molecule has 0 spiro atoms. The van der Waals surface area contributed by atoms with Crippen LogP contribution < -0.4 is 4.90 Å². The lowest BCUT2D eigenvalue weighted by Gasteiger charge is -2.22. The van der Waals surface area contributed by atoms with Gasteiger partial charge in [0, 0.05) is 31.7 Å². The normalized spacial score (nSPS) is 18.6. The number of carbonyl (C=O) groups excluding carboxylic acids is 1. The molecule has 1 aromatic rings. The van der Waals surface area contributed by atoms with Crippen LogP contribution in [0.5, 0.6) is 0 Å².